The van der Waals surface area contributed by atoms with Crippen LogP contribution in [0.4, 0.5) is 0 Å². The summed E-state index contributed by atoms with van der Waals surface area (Å²) in [6.45, 7) is 0.526. The fourth-order valence-corrected chi connectivity index (χ4v) is 5.04. The van der Waals surface area contributed by atoms with Crippen LogP contribution in [0.1, 0.15) is 31.2 Å². The average Bonchev–Trinajstić information content (AvgIpc) is 2.98. The third-order valence-corrected chi connectivity index (χ3v) is 7.29. The molecule has 0 fully saturated rings. The molecule has 0 saturated heterocycles. The maximum atomic E-state index is 12.2. The highest BCUT2D eigenvalue weighted by molar-refractivity contribution is 7.47. The van der Waals surface area contributed by atoms with E-state index in [4.69, 9.17) is 28.4 Å². The molecule has 2 aromatic carbocycles. The van der Waals surface area contributed by atoms with E-state index in [0.717, 1.165) is 23.4 Å². The number of para-hydroxylation sites is 1. The number of phosphoric acid groups is 1. The minimum Gasteiger partial charge on any atom is -0.481 e. The van der Waals surface area contributed by atoms with Crippen molar-refractivity contribution in [1.82, 2.24) is 0 Å². The number of carbonyl (C=O) groups is 2. The van der Waals surface area contributed by atoms with E-state index in [1.54, 1.807) is 6.08 Å². The quantitative estimate of drug-likeness (QED) is 0.0484. The van der Waals surface area contributed by atoms with Gasteiger partial charge in [-0.1, -0.05) is 73.1 Å². The number of carboxylic acid groups (broad SMARTS) is 1. The first kappa shape index (κ1) is 34.0. The van der Waals surface area contributed by atoms with Crippen LogP contribution in [0.2, 0.25) is 12.1 Å². The predicted octanol–water partition coefficient (Wildman–Crippen LogP) is 6.01. The molecule has 0 saturated carbocycles. The number of hydrogen-bond donors (Lipinski definition) is 2. The first-order chi connectivity index (χ1) is 20.8. The minimum absolute atomic E-state index is 0.0475. The fraction of sp³-hybridized carbons (Fsp3) is 0.355. The second-order valence-electron chi connectivity index (χ2n) is 9.79. The van der Waals surface area contributed by atoms with Crippen LogP contribution in [0.3, 0.4) is 0 Å². The number of carbonyl (C=O) groups excluding carboxylic acids is 1. The van der Waals surface area contributed by atoms with Crippen molar-refractivity contribution >= 4 is 27.0 Å². The highest BCUT2D eigenvalue weighted by Gasteiger charge is 2.33. The first-order valence-electron chi connectivity index (χ1n) is 14.2. The summed E-state index contributed by atoms with van der Waals surface area (Å²) in [6.07, 6.45) is 12.2. The summed E-state index contributed by atoms with van der Waals surface area (Å²) in [6, 6.07) is 17.4. The molecule has 10 nitrogen and oxygen atoms in total. The van der Waals surface area contributed by atoms with Crippen LogP contribution in [-0.2, 0) is 39.3 Å². The lowest BCUT2D eigenvalue weighted by Crippen LogP contribution is -2.29. The largest absolute Gasteiger partial charge is 0.481 e. The van der Waals surface area contributed by atoms with Gasteiger partial charge >= 0.3 is 19.8 Å². The van der Waals surface area contributed by atoms with Crippen molar-refractivity contribution in [2.24, 2.45) is 0 Å². The number of hydrogen-bond acceptors (Lipinski definition) is 8. The molecule has 3 atom stereocenters. The van der Waals surface area contributed by atoms with Gasteiger partial charge in [-0.25, -0.2) is 4.57 Å². The van der Waals surface area contributed by atoms with Crippen LogP contribution in [-0.4, -0.2) is 55.1 Å². The third-order valence-electron chi connectivity index (χ3n) is 6.27. The molecule has 0 aromatic heterocycles. The lowest BCUT2D eigenvalue weighted by atomic mass is 9.57. The molecule has 2 unspecified atom stereocenters. The lowest BCUT2D eigenvalue weighted by Gasteiger charge is -2.27. The molecule has 12 heteroatoms. The van der Waals surface area contributed by atoms with E-state index < -0.39 is 32.9 Å². The molecule has 2 N–H and O–H groups in total. The van der Waals surface area contributed by atoms with Crippen molar-refractivity contribution in [2.75, 3.05) is 19.8 Å². The number of unbranched alkanes of at least 4 members (excludes halogenated alkanes) is 1. The van der Waals surface area contributed by atoms with Crippen molar-refractivity contribution in [2.45, 2.75) is 50.5 Å². The SMILES string of the molecule is O=C(O)CCOP(=O)(O)OC1C=CCB[C@@H]1COC(=O)CCC/C=C\C=C/COCc1cccc(Oc2ccccc2)c1. The van der Waals surface area contributed by atoms with E-state index in [-0.39, 0.29) is 24.8 Å². The second kappa shape index (κ2) is 18.9. The Morgan fingerprint density at radius 1 is 1.02 bits per heavy atom. The Balaban J connectivity index is 1.26. The molecule has 230 valence electrons. The Hall–Kier alpha value is -3.47. The number of phosphoric ester groups is 1. The highest BCUT2D eigenvalue weighted by atomic mass is 31.2. The van der Waals surface area contributed by atoms with Gasteiger partial charge in [-0.05, 0) is 48.5 Å². The van der Waals surface area contributed by atoms with Crippen molar-refractivity contribution in [1.29, 1.82) is 0 Å². The monoisotopic (exact) mass is 612 g/mol. The lowest BCUT2D eigenvalue weighted by molar-refractivity contribution is -0.144. The number of ether oxygens (including phenoxy) is 3. The van der Waals surface area contributed by atoms with Crippen LogP contribution >= 0.6 is 7.82 Å². The Labute approximate surface area is 252 Å². The van der Waals surface area contributed by atoms with E-state index in [1.807, 2.05) is 85.0 Å². The minimum atomic E-state index is -4.45. The number of rotatable bonds is 19. The van der Waals surface area contributed by atoms with Crippen LogP contribution in [0, 0.1) is 0 Å². The van der Waals surface area contributed by atoms with E-state index in [2.05, 4.69) is 0 Å². The number of esters is 1. The highest BCUT2D eigenvalue weighted by Crippen LogP contribution is 2.47. The van der Waals surface area contributed by atoms with Crippen LogP contribution in [0.15, 0.2) is 91.1 Å². The van der Waals surface area contributed by atoms with Crippen molar-refractivity contribution in [3.8, 4) is 11.5 Å². The number of allylic oxidation sites excluding steroid dienone is 4. The van der Waals surface area contributed by atoms with Crippen LogP contribution in [0.5, 0.6) is 11.5 Å². The van der Waals surface area contributed by atoms with Gasteiger partial charge in [0.15, 0.2) is 0 Å². The molecule has 0 spiro atoms. The summed E-state index contributed by atoms with van der Waals surface area (Å²) in [5.41, 5.74) is 1.02. The zero-order valence-electron chi connectivity index (χ0n) is 24.0. The van der Waals surface area contributed by atoms with E-state index in [1.165, 1.54) is 0 Å². The van der Waals surface area contributed by atoms with Gasteiger partial charge in [0.05, 0.1) is 39.0 Å². The predicted molar refractivity (Wildman–Crippen MR) is 163 cm³/mol. The molecule has 0 amide bonds. The van der Waals surface area contributed by atoms with Crippen molar-refractivity contribution < 1.29 is 47.4 Å². The number of aliphatic carboxylic acids is 1. The Kier molecular flexibility index (Phi) is 15.0. The maximum absolute atomic E-state index is 12.2. The Morgan fingerprint density at radius 3 is 2.63 bits per heavy atom. The van der Waals surface area contributed by atoms with Crippen molar-refractivity contribution in [3.63, 3.8) is 0 Å². The molecule has 43 heavy (non-hydrogen) atoms. The van der Waals surface area contributed by atoms with E-state index >= 15 is 0 Å². The van der Waals surface area contributed by atoms with Gasteiger partial charge in [0.1, 0.15) is 18.8 Å². The number of benzene rings is 2. The Morgan fingerprint density at radius 2 is 1.81 bits per heavy atom. The topological polar surface area (TPSA) is 138 Å². The van der Waals surface area contributed by atoms with Crippen LogP contribution in [0.25, 0.3) is 0 Å². The number of carboxylic acids is 1. The van der Waals surface area contributed by atoms with E-state index in [0.29, 0.717) is 33.3 Å². The maximum Gasteiger partial charge on any atom is 0.472 e. The summed E-state index contributed by atoms with van der Waals surface area (Å²) in [5, 5.41) is 8.64. The van der Waals surface area contributed by atoms with Crippen molar-refractivity contribution in [3.05, 3.63) is 96.6 Å². The second-order valence-corrected chi connectivity index (χ2v) is 11.2. The van der Waals surface area contributed by atoms with Gasteiger partial charge in [-0.3, -0.25) is 18.6 Å². The van der Waals surface area contributed by atoms with Gasteiger partial charge in [-0.2, -0.15) is 0 Å². The summed E-state index contributed by atoms with van der Waals surface area (Å²) in [5.74, 6) is -0.271. The summed E-state index contributed by atoms with van der Waals surface area (Å²) < 4.78 is 39.0. The first-order valence-corrected chi connectivity index (χ1v) is 15.7. The molecule has 0 radical (unpaired) electrons. The summed E-state index contributed by atoms with van der Waals surface area (Å²) >= 11 is 0. The summed E-state index contributed by atoms with van der Waals surface area (Å²) in [4.78, 5) is 32.6. The molecular weight excluding hydrogens is 574 g/mol. The smallest absolute Gasteiger partial charge is 0.472 e. The van der Waals surface area contributed by atoms with Gasteiger partial charge in [-0.15, -0.1) is 0 Å². The Bertz CT molecular complexity index is 1280. The third kappa shape index (κ3) is 14.5. The molecular formula is C31H38BO10P. The molecule has 0 bridgehead atoms. The molecule has 2 aromatic rings. The van der Waals surface area contributed by atoms with Gasteiger partial charge in [0.25, 0.3) is 0 Å². The standard InChI is InChI=1S/C31H38BO10P/c33-30(34)18-21-40-43(36,37)42-29-16-11-19-32-28(29)24-39-31(35)17-8-3-1-2-4-9-20-38-23-25-12-10-15-27(22-25)41-26-13-6-5-7-14-26/h1-2,4-7,9-16,22,28-29,32H,3,8,17-21,23-24H2,(H,33,34)(H,36,37)/b2-1-,9-4-/t28-,29?/m1/s1. The zero-order chi connectivity index (χ0) is 30.8. The van der Waals surface area contributed by atoms with Crippen LogP contribution < -0.4 is 4.74 Å². The molecule has 1 heterocycles. The van der Waals surface area contributed by atoms with Gasteiger partial charge in [0.2, 0.25) is 0 Å². The van der Waals surface area contributed by atoms with Gasteiger partial charge in [0, 0.05) is 6.42 Å². The summed E-state index contributed by atoms with van der Waals surface area (Å²) in [7, 11) is -3.84. The zero-order valence-corrected chi connectivity index (χ0v) is 24.9. The van der Waals surface area contributed by atoms with E-state index in [9.17, 15) is 19.0 Å². The molecule has 1 aliphatic rings. The average molecular weight is 612 g/mol. The molecule has 0 aliphatic carbocycles. The normalized spacial score (nSPS) is 17.9. The van der Waals surface area contributed by atoms with Gasteiger partial charge < -0.3 is 24.2 Å². The molecule has 1 aliphatic heterocycles. The molecule has 3 rings (SSSR count). The fourth-order valence-electron chi connectivity index (χ4n) is 4.11.